The highest BCUT2D eigenvalue weighted by molar-refractivity contribution is 7.99. The van der Waals surface area contributed by atoms with Crippen molar-refractivity contribution in [3.8, 4) is 0 Å². The molecule has 0 spiro atoms. The summed E-state index contributed by atoms with van der Waals surface area (Å²) in [7, 11) is 0. The van der Waals surface area contributed by atoms with Gasteiger partial charge in [-0.3, -0.25) is 14.5 Å². The summed E-state index contributed by atoms with van der Waals surface area (Å²) < 4.78 is 0. The Bertz CT molecular complexity index is 652. The molecule has 134 valence electrons. The summed E-state index contributed by atoms with van der Waals surface area (Å²) in [6, 6.07) is 8.10. The molecule has 3 heterocycles. The first kappa shape index (κ1) is 16.9. The molecule has 4 rings (SSSR count). The molecule has 25 heavy (non-hydrogen) atoms. The topological polar surface area (TPSA) is 52.7 Å². The van der Waals surface area contributed by atoms with Gasteiger partial charge in [0, 0.05) is 37.8 Å². The minimum atomic E-state index is -0.176. The molecule has 5 nitrogen and oxygen atoms in total. The van der Waals surface area contributed by atoms with Crippen LogP contribution in [0.5, 0.6) is 0 Å². The normalized spacial score (nSPS) is 24.9. The average molecular weight is 359 g/mol. The minimum Gasteiger partial charge on any atom is -0.345 e. The number of piperazine rings is 1. The van der Waals surface area contributed by atoms with Gasteiger partial charge in [0.1, 0.15) is 0 Å². The molecule has 0 unspecified atom stereocenters. The number of fused-ring (bicyclic) bond motifs is 1. The van der Waals surface area contributed by atoms with Crippen LogP contribution < -0.4 is 5.32 Å². The number of hydrogen-bond donors (Lipinski definition) is 1. The molecule has 0 bridgehead atoms. The average Bonchev–Trinajstić information content (AvgIpc) is 2.98. The van der Waals surface area contributed by atoms with Crippen molar-refractivity contribution in [3.63, 3.8) is 0 Å². The molecule has 1 atom stereocenters. The van der Waals surface area contributed by atoms with Crippen molar-refractivity contribution in [2.24, 2.45) is 0 Å². The van der Waals surface area contributed by atoms with E-state index in [1.165, 1.54) is 24.3 Å². The molecule has 0 saturated carbocycles. The van der Waals surface area contributed by atoms with Gasteiger partial charge in [-0.1, -0.05) is 18.2 Å². The number of hydrogen-bond acceptors (Lipinski definition) is 4. The van der Waals surface area contributed by atoms with Gasteiger partial charge in [0.15, 0.2) is 0 Å². The third kappa shape index (κ3) is 3.55. The highest BCUT2D eigenvalue weighted by atomic mass is 32.2. The fourth-order valence-electron chi connectivity index (χ4n) is 4.17. The van der Waals surface area contributed by atoms with E-state index in [9.17, 15) is 9.59 Å². The van der Waals surface area contributed by atoms with E-state index in [0.29, 0.717) is 18.0 Å². The molecule has 3 aliphatic rings. The van der Waals surface area contributed by atoms with Crippen LogP contribution in [0.25, 0.3) is 0 Å². The molecule has 3 aliphatic heterocycles. The molecule has 6 heteroatoms. The maximum atomic E-state index is 12.7. The standard InChI is InChI=1S/C19H25N3O2S/c23-18(13-17-15-3-1-2-4-16(15)19(24)20-17)22-9-7-21(8-10-22)14-5-11-25-12-6-14/h1-4,14,17H,5-13H2,(H,20,24)/t17-/m1/s1. The second kappa shape index (κ2) is 7.38. The summed E-state index contributed by atoms with van der Waals surface area (Å²) in [5.74, 6) is 2.63. The van der Waals surface area contributed by atoms with Crippen molar-refractivity contribution in [3.05, 3.63) is 35.4 Å². The van der Waals surface area contributed by atoms with Crippen molar-refractivity contribution in [2.75, 3.05) is 37.7 Å². The van der Waals surface area contributed by atoms with Crippen LogP contribution in [0.1, 0.15) is 41.2 Å². The monoisotopic (exact) mass is 359 g/mol. The Hall–Kier alpha value is -1.53. The summed E-state index contributed by atoms with van der Waals surface area (Å²) in [6.45, 7) is 3.58. The fraction of sp³-hybridized carbons (Fsp3) is 0.579. The van der Waals surface area contributed by atoms with Gasteiger partial charge in [0.25, 0.3) is 5.91 Å². The second-order valence-corrected chi connectivity index (χ2v) is 8.30. The lowest BCUT2D eigenvalue weighted by Gasteiger charge is -2.40. The first-order chi connectivity index (χ1) is 12.2. The molecular weight excluding hydrogens is 334 g/mol. The Labute approximate surface area is 153 Å². The van der Waals surface area contributed by atoms with Crippen molar-refractivity contribution < 1.29 is 9.59 Å². The maximum Gasteiger partial charge on any atom is 0.252 e. The molecule has 1 aromatic carbocycles. The van der Waals surface area contributed by atoms with E-state index >= 15 is 0 Å². The predicted octanol–water partition coefficient (Wildman–Crippen LogP) is 1.90. The van der Waals surface area contributed by atoms with Gasteiger partial charge in [-0.05, 0) is 36.0 Å². The number of nitrogens with one attached hydrogen (secondary N) is 1. The van der Waals surface area contributed by atoms with Gasteiger partial charge in [-0.25, -0.2) is 0 Å². The molecule has 1 N–H and O–H groups in total. The first-order valence-electron chi connectivity index (χ1n) is 9.22. The summed E-state index contributed by atoms with van der Waals surface area (Å²) in [5.41, 5.74) is 1.67. The van der Waals surface area contributed by atoms with Gasteiger partial charge in [0.05, 0.1) is 12.5 Å². The van der Waals surface area contributed by atoms with Crippen LogP contribution in [0.4, 0.5) is 0 Å². The van der Waals surface area contributed by atoms with Crippen molar-refractivity contribution >= 4 is 23.6 Å². The van der Waals surface area contributed by atoms with E-state index in [1.54, 1.807) is 0 Å². The van der Waals surface area contributed by atoms with Crippen LogP contribution in [0, 0.1) is 0 Å². The molecule has 2 amide bonds. The minimum absolute atomic E-state index is 0.0617. The van der Waals surface area contributed by atoms with Gasteiger partial charge in [0.2, 0.25) is 5.91 Å². The largest absolute Gasteiger partial charge is 0.345 e. The van der Waals surface area contributed by atoms with E-state index in [2.05, 4.69) is 22.0 Å². The van der Waals surface area contributed by atoms with Crippen LogP contribution in [0.2, 0.25) is 0 Å². The van der Waals surface area contributed by atoms with Crippen LogP contribution in [-0.4, -0.2) is 65.3 Å². The zero-order chi connectivity index (χ0) is 17.2. The van der Waals surface area contributed by atoms with Crippen LogP contribution in [0.15, 0.2) is 24.3 Å². The molecule has 2 saturated heterocycles. The quantitative estimate of drug-likeness (QED) is 0.896. The fourth-order valence-corrected chi connectivity index (χ4v) is 5.25. The Morgan fingerprint density at radius 3 is 2.60 bits per heavy atom. The molecule has 2 fully saturated rings. The molecule has 0 aliphatic carbocycles. The SMILES string of the molecule is O=C1N[C@H](CC(=O)N2CCN(C3CCSCC3)CC2)c2ccccc21. The number of benzene rings is 1. The predicted molar refractivity (Wildman–Crippen MR) is 99.8 cm³/mol. The number of carbonyl (C=O) groups excluding carboxylic acids is 2. The molecule has 0 aromatic heterocycles. The molecule has 0 radical (unpaired) electrons. The van der Waals surface area contributed by atoms with Crippen LogP contribution in [-0.2, 0) is 4.79 Å². The van der Waals surface area contributed by atoms with E-state index in [4.69, 9.17) is 0 Å². The first-order valence-corrected chi connectivity index (χ1v) is 10.4. The molecule has 1 aromatic rings. The summed E-state index contributed by atoms with van der Waals surface area (Å²) in [6.07, 6.45) is 2.93. The van der Waals surface area contributed by atoms with Crippen LogP contribution in [0.3, 0.4) is 0 Å². The zero-order valence-corrected chi connectivity index (χ0v) is 15.3. The number of rotatable bonds is 3. The van der Waals surface area contributed by atoms with Gasteiger partial charge in [-0.2, -0.15) is 11.8 Å². The van der Waals surface area contributed by atoms with Crippen molar-refractivity contribution in [1.82, 2.24) is 15.1 Å². The van der Waals surface area contributed by atoms with E-state index in [0.717, 1.165) is 31.7 Å². The summed E-state index contributed by atoms with van der Waals surface area (Å²) in [5, 5.41) is 2.95. The van der Waals surface area contributed by atoms with Crippen molar-refractivity contribution in [2.45, 2.75) is 31.3 Å². The van der Waals surface area contributed by atoms with Gasteiger partial charge in [-0.15, -0.1) is 0 Å². The molecular formula is C19H25N3O2S. The Morgan fingerprint density at radius 2 is 1.84 bits per heavy atom. The highest BCUT2D eigenvalue weighted by Crippen LogP contribution is 2.28. The Kier molecular flexibility index (Phi) is 4.99. The summed E-state index contributed by atoms with van der Waals surface area (Å²) in [4.78, 5) is 29.3. The lowest BCUT2D eigenvalue weighted by molar-refractivity contribution is -0.133. The third-order valence-corrected chi connectivity index (χ3v) is 6.69. The summed E-state index contributed by atoms with van der Waals surface area (Å²) >= 11 is 2.05. The number of carbonyl (C=O) groups is 2. The second-order valence-electron chi connectivity index (χ2n) is 7.08. The van der Waals surface area contributed by atoms with Gasteiger partial charge >= 0.3 is 0 Å². The van der Waals surface area contributed by atoms with E-state index in [-0.39, 0.29) is 17.9 Å². The Morgan fingerprint density at radius 1 is 1.12 bits per heavy atom. The van der Waals surface area contributed by atoms with E-state index in [1.807, 2.05) is 29.2 Å². The number of amides is 2. The van der Waals surface area contributed by atoms with Crippen LogP contribution >= 0.6 is 11.8 Å². The number of nitrogens with zero attached hydrogens (tertiary/aromatic N) is 2. The Balaban J connectivity index is 1.32. The highest BCUT2D eigenvalue weighted by Gasteiger charge is 2.32. The van der Waals surface area contributed by atoms with E-state index < -0.39 is 0 Å². The lowest BCUT2D eigenvalue weighted by Crippen LogP contribution is -2.52. The number of thioether (sulfide) groups is 1. The smallest absolute Gasteiger partial charge is 0.252 e. The van der Waals surface area contributed by atoms with Crippen molar-refractivity contribution in [1.29, 1.82) is 0 Å². The zero-order valence-electron chi connectivity index (χ0n) is 14.4. The maximum absolute atomic E-state index is 12.7. The lowest BCUT2D eigenvalue weighted by atomic mass is 10.0. The van der Waals surface area contributed by atoms with Gasteiger partial charge < -0.3 is 10.2 Å². The third-order valence-electron chi connectivity index (χ3n) is 5.64.